The summed E-state index contributed by atoms with van der Waals surface area (Å²) in [4.78, 5) is 49.8. The lowest BCUT2D eigenvalue weighted by Crippen LogP contribution is -2.48. The minimum absolute atomic E-state index is 0.0601. The Morgan fingerprint density at radius 2 is 1.61 bits per heavy atom. The number of esters is 1. The number of carbonyl (C=O) groups is 3. The van der Waals surface area contributed by atoms with E-state index >= 15 is 0 Å². The summed E-state index contributed by atoms with van der Waals surface area (Å²) < 4.78 is 4.86. The highest BCUT2D eigenvalue weighted by molar-refractivity contribution is 5.92. The Morgan fingerprint density at radius 3 is 2.27 bits per heavy atom. The Labute approximate surface area is 261 Å². The van der Waals surface area contributed by atoms with Gasteiger partial charge in [0.15, 0.2) is 0 Å². The molecule has 4 aliphatic rings. The predicted octanol–water partition coefficient (Wildman–Crippen LogP) is 5.32. The molecule has 2 saturated carbocycles. The number of likely N-dealkylation sites (tertiary alicyclic amines) is 1. The lowest BCUT2D eigenvalue weighted by atomic mass is 9.86. The number of hydrogen-bond donors (Lipinski definition) is 1. The molecule has 2 aliphatic heterocycles. The van der Waals surface area contributed by atoms with Gasteiger partial charge in [0, 0.05) is 50.5 Å². The molecule has 4 fully saturated rings. The van der Waals surface area contributed by atoms with E-state index in [9.17, 15) is 14.4 Å². The number of carbonyl (C=O) groups excluding carboxylic acids is 3. The number of pyridine rings is 1. The third-order valence-electron chi connectivity index (χ3n) is 10.4. The van der Waals surface area contributed by atoms with Gasteiger partial charge in [0.1, 0.15) is 5.69 Å². The van der Waals surface area contributed by atoms with Gasteiger partial charge in [-0.1, -0.05) is 55.7 Å². The second-order valence-corrected chi connectivity index (χ2v) is 13.2. The normalized spacial score (nSPS) is 25.7. The number of rotatable bonds is 8. The molecular weight excluding hydrogens is 554 g/mol. The fourth-order valence-electron chi connectivity index (χ4n) is 7.85. The van der Waals surface area contributed by atoms with E-state index in [-0.39, 0.29) is 42.0 Å². The van der Waals surface area contributed by atoms with Crippen LogP contribution in [-0.4, -0.2) is 82.5 Å². The van der Waals surface area contributed by atoms with Gasteiger partial charge in [0.25, 0.3) is 5.91 Å². The number of ether oxygens (including phenoxy) is 1. The Balaban J connectivity index is 1.01. The van der Waals surface area contributed by atoms with E-state index in [4.69, 9.17) is 4.74 Å². The van der Waals surface area contributed by atoms with Crippen molar-refractivity contribution in [1.82, 2.24) is 25.0 Å². The second kappa shape index (κ2) is 14.1. The summed E-state index contributed by atoms with van der Waals surface area (Å²) in [5.74, 6) is -0.379. The largest absolute Gasteiger partial charge is 0.469 e. The Kier molecular flexibility index (Phi) is 9.79. The van der Waals surface area contributed by atoms with Crippen LogP contribution in [0.2, 0.25) is 0 Å². The van der Waals surface area contributed by atoms with Crippen molar-refractivity contribution in [3.05, 3.63) is 65.5 Å². The first kappa shape index (κ1) is 30.6. The van der Waals surface area contributed by atoms with E-state index in [1.165, 1.54) is 31.9 Å². The van der Waals surface area contributed by atoms with E-state index in [1.807, 2.05) is 18.3 Å². The lowest BCUT2D eigenvalue weighted by Gasteiger charge is -2.39. The summed E-state index contributed by atoms with van der Waals surface area (Å²) in [5.41, 5.74) is 2.75. The first-order chi connectivity index (χ1) is 21.5. The van der Waals surface area contributed by atoms with Gasteiger partial charge in [-0.3, -0.25) is 19.5 Å². The molecule has 6 rings (SSSR count). The summed E-state index contributed by atoms with van der Waals surface area (Å²) in [7, 11) is 1.43. The van der Waals surface area contributed by atoms with Crippen LogP contribution < -0.4 is 5.32 Å². The molecular formula is C35H47N5O4. The summed E-state index contributed by atoms with van der Waals surface area (Å²) in [6.07, 6.45) is 12.7. The number of benzene rings is 1. The van der Waals surface area contributed by atoms with E-state index in [1.54, 1.807) is 0 Å². The zero-order valence-corrected chi connectivity index (χ0v) is 26.0. The molecule has 2 aliphatic carbocycles. The van der Waals surface area contributed by atoms with Gasteiger partial charge in [-0.15, -0.1) is 0 Å². The molecule has 1 aromatic carbocycles. The lowest BCUT2D eigenvalue weighted by molar-refractivity contribution is -0.146. The maximum absolute atomic E-state index is 13.9. The van der Waals surface area contributed by atoms with Crippen LogP contribution in [-0.2, 0) is 16.1 Å². The molecule has 9 nitrogen and oxygen atoms in total. The molecule has 0 bridgehead atoms. The first-order valence-electron chi connectivity index (χ1n) is 16.7. The molecule has 1 aromatic heterocycles. The topological polar surface area (TPSA) is 95.1 Å². The van der Waals surface area contributed by atoms with Crippen molar-refractivity contribution in [2.24, 2.45) is 5.92 Å². The molecule has 2 saturated heterocycles. The van der Waals surface area contributed by atoms with Gasteiger partial charge in [0.2, 0.25) is 0 Å². The van der Waals surface area contributed by atoms with Gasteiger partial charge < -0.3 is 19.9 Å². The van der Waals surface area contributed by atoms with Crippen LogP contribution in [0.15, 0.2) is 48.7 Å². The Bertz CT molecular complexity index is 1270. The number of urea groups is 1. The summed E-state index contributed by atoms with van der Waals surface area (Å²) in [5, 5.41) is 3.09. The van der Waals surface area contributed by atoms with Crippen LogP contribution in [0.25, 0.3) is 0 Å². The standard InChI is InChI=1S/C35H47N5O4/c1-44-34(42)27-13-15-28(16-14-27)37-33(41)31-17-12-25(22-36-31)23-38-20-18-30(19-21-38)40-32(26-8-4-2-5-9-26)24-39(35(40)43)29-10-6-3-7-11-29/h2,4-5,8-9,12,17,22,27-30,32H,3,6-7,10-11,13-16,18-21,23-24H2,1H3,(H,37,41). The van der Waals surface area contributed by atoms with Gasteiger partial charge in [0.05, 0.1) is 19.1 Å². The van der Waals surface area contributed by atoms with Crippen LogP contribution in [0.1, 0.15) is 98.3 Å². The van der Waals surface area contributed by atoms with E-state index in [0.717, 1.165) is 83.1 Å². The minimum Gasteiger partial charge on any atom is -0.469 e. The van der Waals surface area contributed by atoms with E-state index in [0.29, 0.717) is 11.7 Å². The van der Waals surface area contributed by atoms with Crippen LogP contribution in [0.5, 0.6) is 0 Å². The van der Waals surface area contributed by atoms with Crippen LogP contribution >= 0.6 is 0 Å². The molecule has 9 heteroatoms. The van der Waals surface area contributed by atoms with E-state index < -0.39 is 0 Å². The van der Waals surface area contributed by atoms with Gasteiger partial charge >= 0.3 is 12.0 Å². The summed E-state index contributed by atoms with van der Waals surface area (Å²) in [6.45, 7) is 3.43. The van der Waals surface area contributed by atoms with Crippen molar-refractivity contribution < 1.29 is 19.1 Å². The quantitative estimate of drug-likeness (QED) is 0.412. The van der Waals surface area contributed by atoms with Crippen molar-refractivity contribution in [3.8, 4) is 0 Å². The predicted molar refractivity (Wildman–Crippen MR) is 168 cm³/mol. The first-order valence-corrected chi connectivity index (χ1v) is 16.7. The Hall–Kier alpha value is -3.46. The summed E-state index contributed by atoms with van der Waals surface area (Å²) in [6, 6.07) is 15.4. The molecule has 0 radical (unpaired) electrons. The van der Waals surface area contributed by atoms with Crippen LogP contribution in [0, 0.1) is 5.92 Å². The molecule has 3 heterocycles. The fourth-order valence-corrected chi connectivity index (χ4v) is 7.85. The van der Waals surface area contributed by atoms with Crippen LogP contribution in [0.3, 0.4) is 0 Å². The number of aromatic nitrogens is 1. The smallest absolute Gasteiger partial charge is 0.321 e. The van der Waals surface area contributed by atoms with Gasteiger partial charge in [-0.25, -0.2) is 4.79 Å². The van der Waals surface area contributed by atoms with Crippen molar-refractivity contribution in [2.75, 3.05) is 26.7 Å². The molecule has 1 atom stereocenters. The molecule has 44 heavy (non-hydrogen) atoms. The number of amides is 3. The highest BCUT2D eigenvalue weighted by atomic mass is 16.5. The van der Waals surface area contributed by atoms with Crippen molar-refractivity contribution in [3.63, 3.8) is 0 Å². The molecule has 2 aromatic rings. The van der Waals surface area contributed by atoms with Crippen LogP contribution in [0.4, 0.5) is 4.79 Å². The summed E-state index contributed by atoms with van der Waals surface area (Å²) >= 11 is 0. The third-order valence-corrected chi connectivity index (χ3v) is 10.4. The van der Waals surface area contributed by atoms with Crippen molar-refractivity contribution in [2.45, 2.75) is 101 Å². The number of methoxy groups -OCH3 is 1. The molecule has 3 amide bonds. The molecule has 236 valence electrons. The molecule has 1 unspecified atom stereocenters. The number of hydrogen-bond acceptors (Lipinski definition) is 6. The molecule has 0 spiro atoms. The Morgan fingerprint density at radius 1 is 0.886 bits per heavy atom. The minimum atomic E-state index is -0.163. The second-order valence-electron chi connectivity index (χ2n) is 13.2. The SMILES string of the molecule is COC(=O)C1CCC(NC(=O)c2ccc(CN3CCC(N4C(=O)N(C5CCCCC5)CC4c4ccccc4)CC3)cn2)CC1. The molecule has 1 N–H and O–H groups in total. The average Bonchev–Trinajstić information content (AvgIpc) is 3.43. The fraction of sp³-hybridized carbons (Fsp3) is 0.600. The highest BCUT2D eigenvalue weighted by Gasteiger charge is 2.45. The highest BCUT2D eigenvalue weighted by Crippen LogP contribution is 2.38. The van der Waals surface area contributed by atoms with Crippen molar-refractivity contribution in [1.29, 1.82) is 0 Å². The zero-order valence-electron chi connectivity index (χ0n) is 26.0. The number of nitrogens with zero attached hydrogens (tertiary/aromatic N) is 4. The monoisotopic (exact) mass is 601 g/mol. The van der Waals surface area contributed by atoms with Gasteiger partial charge in [-0.2, -0.15) is 0 Å². The zero-order chi connectivity index (χ0) is 30.5. The van der Waals surface area contributed by atoms with Crippen molar-refractivity contribution >= 4 is 17.9 Å². The maximum Gasteiger partial charge on any atom is 0.321 e. The number of piperidine rings is 1. The number of nitrogens with one attached hydrogen (secondary N) is 1. The third kappa shape index (κ3) is 6.93. The average molecular weight is 602 g/mol. The van der Waals surface area contributed by atoms with Gasteiger partial charge in [-0.05, 0) is 68.6 Å². The maximum atomic E-state index is 13.9. The van der Waals surface area contributed by atoms with E-state index in [2.05, 4.69) is 55.3 Å².